The molecule has 1 heterocycles. The van der Waals surface area contributed by atoms with Crippen LogP contribution in [0.2, 0.25) is 0 Å². The zero-order chi connectivity index (χ0) is 12.3. The van der Waals surface area contributed by atoms with Crippen molar-refractivity contribution in [2.75, 3.05) is 12.8 Å². The molecule has 2 rings (SSSR count). The van der Waals surface area contributed by atoms with Crippen molar-refractivity contribution in [1.29, 1.82) is 0 Å². The van der Waals surface area contributed by atoms with Crippen LogP contribution in [0.1, 0.15) is 0 Å². The van der Waals surface area contributed by atoms with Crippen molar-refractivity contribution in [3.8, 4) is 17.4 Å². The Bertz CT molecular complexity index is 532. The lowest BCUT2D eigenvalue weighted by atomic mass is 10.3. The standard InChI is InChI=1S/C12H11BrN2O2/c1-16-10-5-4-8(14)7-11(10)17-12-9(13)3-2-6-15-12/h2-7H,14H2,1H3. The third-order valence-electron chi connectivity index (χ3n) is 2.12. The van der Waals surface area contributed by atoms with Crippen LogP contribution in [0.3, 0.4) is 0 Å². The molecule has 0 atom stereocenters. The van der Waals surface area contributed by atoms with E-state index >= 15 is 0 Å². The van der Waals surface area contributed by atoms with Gasteiger partial charge in [0.1, 0.15) is 0 Å². The average molecular weight is 295 g/mol. The smallest absolute Gasteiger partial charge is 0.233 e. The lowest BCUT2D eigenvalue weighted by molar-refractivity contribution is 0.373. The van der Waals surface area contributed by atoms with Gasteiger partial charge in [0.15, 0.2) is 11.5 Å². The van der Waals surface area contributed by atoms with E-state index < -0.39 is 0 Å². The number of nitrogen functional groups attached to an aromatic ring is 1. The molecule has 0 aliphatic rings. The molecule has 17 heavy (non-hydrogen) atoms. The number of nitrogens with two attached hydrogens (primary N) is 1. The zero-order valence-electron chi connectivity index (χ0n) is 9.18. The summed E-state index contributed by atoms with van der Waals surface area (Å²) in [6.45, 7) is 0. The molecule has 0 amide bonds. The lowest BCUT2D eigenvalue weighted by Crippen LogP contribution is -1.94. The van der Waals surface area contributed by atoms with E-state index in [1.165, 1.54) is 0 Å². The van der Waals surface area contributed by atoms with Crippen molar-refractivity contribution >= 4 is 21.6 Å². The van der Waals surface area contributed by atoms with Crippen LogP contribution in [-0.4, -0.2) is 12.1 Å². The van der Waals surface area contributed by atoms with E-state index in [4.69, 9.17) is 15.2 Å². The number of hydrogen-bond acceptors (Lipinski definition) is 4. The molecular weight excluding hydrogens is 284 g/mol. The minimum Gasteiger partial charge on any atom is -0.493 e. The topological polar surface area (TPSA) is 57.4 Å². The quantitative estimate of drug-likeness (QED) is 0.883. The minimum atomic E-state index is 0.469. The Morgan fingerprint density at radius 2 is 2.06 bits per heavy atom. The van der Waals surface area contributed by atoms with E-state index in [1.54, 1.807) is 31.5 Å². The molecular formula is C12H11BrN2O2. The summed E-state index contributed by atoms with van der Waals surface area (Å²) in [6.07, 6.45) is 1.65. The van der Waals surface area contributed by atoms with Crippen molar-refractivity contribution in [2.45, 2.75) is 0 Å². The van der Waals surface area contributed by atoms with Crippen LogP contribution >= 0.6 is 15.9 Å². The first-order valence-electron chi connectivity index (χ1n) is 4.92. The van der Waals surface area contributed by atoms with Crippen LogP contribution in [0.5, 0.6) is 17.4 Å². The molecule has 0 unspecified atom stereocenters. The lowest BCUT2D eigenvalue weighted by Gasteiger charge is -2.10. The monoisotopic (exact) mass is 294 g/mol. The molecule has 1 aromatic carbocycles. The van der Waals surface area contributed by atoms with Gasteiger partial charge in [0.05, 0.1) is 11.6 Å². The SMILES string of the molecule is COc1ccc(N)cc1Oc1ncccc1Br. The van der Waals surface area contributed by atoms with Crippen molar-refractivity contribution < 1.29 is 9.47 Å². The number of methoxy groups -OCH3 is 1. The van der Waals surface area contributed by atoms with Gasteiger partial charge in [-0.05, 0) is 40.2 Å². The highest BCUT2D eigenvalue weighted by Gasteiger charge is 2.09. The third kappa shape index (κ3) is 2.68. The Morgan fingerprint density at radius 1 is 1.24 bits per heavy atom. The predicted octanol–water partition coefficient (Wildman–Crippen LogP) is 3.23. The van der Waals surface area contributed by atoms with E-state index in [0.717, 1.165) is 4.47 Å². The number of pyridine rings is 1. The van der Waals surface area contributed by atoms with Gasteiger partial charge in [-0.1, -0.05) is 0 Å². The molecule has 0 radical (unpaired) electrons. The second kappa shape index (κ2) is 5.05. The first-order chi connectivity index (χ1) is 8.20. The molecule has 0 fully saturated rings. The Balaban J connectivity index is 2.35. The second-order valence-electron chi connectivity index (χ2n) is 3.30. The molecule has 88 valence electrons. The van der Waals surface area contributed by atoms with Crippen LogP contribution in [0.15, 0.2) is 41.0 Å². The van der Waals surface area contributed by atoms with Gasteiger partial charge in [-0.15, -0.1) is 0 Å². The number of nitrogens with zero attached hydrogens (tertiary/aromatic N) is 1. The Kier molecular flexibility index (Phi) is 3.49. The molecule has 0 saturated heterocycles. The van der Waals surface area contributed by atoms with Gasteiger partial charge in [-0.3, -0.25) is 0 Å². The van der Waals surface area contributed by atoms with Crippen molar-refractivity contribution in [3.63, 3.8) is 0 Å². The van der Waals surface area contributed by atoms with Gasteiger partial charge >= 0.3 is 0 Å². The summed E-state index contributed by atoms with van der Waals surface area (Å²) in [7, 11) is 1.58. The maximum atomic E-state index is 5.71. The molecule has 0 spiro atoms. The zero-order valence-corrected chi connectivity index (χ0v) is 10.8. The van der Waals surface area contributed by atoms with Crippen molar-refractivity contribution in [2.24, 2.45) is 0 Å². The predicted molar refractivity (Wildman–Crippen MR) is 69.4 cm³/mol. The van der Waals surface area contributed by atoms with E-state index in [1.807, 2.05) is 12.1 Å². The maximum Gasteiger partial charge on any atom is 0.233 e. The fourth-order valence-electron chi connectivity index (χ4n) is 1.32. The average Bonchev–Trinajstić information content (AvgIpc) is 2.32. The highest BCUT2D eigenvalue weighted by molar-refractivity contribution is 9.10. The minimum absolute atomic E-state index is 0.469. The first-order valence-corrected chi connectivity index (χ1v) is 5.72. The number of anilines is 1. The summed E-state index contributed by atoms with van der Waals surface area (Å²) in [5.74, 6) is 1.61. The van der Waals surface area contributed by atoms with Gasteiger partial charge < -0.3 is 15.2 Å². The number of ether oxygens (including phenoxy) is 2. The normalized spacial score (nSPS) is 10.0. The molecule has 1 aromatic heterocycles. The van der Waals surface area contributed by atoms with Crippen LogP contribution < -0.4 is 15.2 Å². The molecule has 2 aromatic rings. The molecule has 0 bridgehead atoms. The van der Waals surface area contributed by atoms with Gasteiger partial charge in [0.2, 0.25) is 5.88 Å². The van der Waals surface area contributed by atoms with Gasteiger partial charge in [-0.25, -0.2) is 4.98 Å². The van der Waals surface area contributed by atoms with Gasteiger partial charge in [0, 0.05) is 18.0 Å². The molecule has 2 N–H and O–H groups in total. The summed E-state index contributed by atoms with van der Waals surface area (Å²) in [5, 5.41) is 0. The van der Waals surface area contributed by atoms with E-state index in [2.05, 4.69) is 20.9 Å². The third-order valence-corrected chi connectivity index (χ3v) is 2.72. The summed E-state index contributed by atoms with van der Waals surface area (Å²) in [6, 6.07) is 8.86. The molecule has 0 saturated carbocycles. The summed E-state index contributed by atoms with van der Waals surface area (Å²) in [4.78, 5) is 4.11. The first kappa shape index (κ1) is 11.7. The van der Waals surface area contributed by atoms with Crippen LogP contribution in [0, 0.1) is 0 Å². The number of hydrogen-bond donors (Lipinski definition) is 1. The second-order valence-corrected chi connectivity index (χ2v) is 4.16. The molecule has 0 aliphatic carbocycles. The Labute approximate surface area is 108 Å². The molecule has 5 heteroatoms. The molecule has 4 nitrogen and oxygen atoms in total. The van der Waals surface area contributed by atoms with E-state index in [-0.39, 0.29) is 0 Å². The number of aromatic nitrogens is 1. The Morgan fingerprint density at radius 3 is 2.76 bits per heavy atom. The van der Waals surface area contributed by atoms with E-state index in [9.17, 15) is 0 Å². The number of rotatable bonds is 3. The highest BCUT2D eigenvalue weighted by Crippen LogP contribution is 2.34. The van der Waals surface area contributed by atoms with E-state index in [0.29, 0.717) is 23.1 Å². The molecule has 0 aliphatic heterocycles. The van der Waals surface area contributed by atoms with Crippen LogP contribution in [-0.2, 0) is 0 Å². The maximum absolute atomic E-state index is 5.71. The van der Waals surface area contributed by atoms with Crippen LogP contribution in [0.4, 0.5) is 5.69 Å². The summed E-state index contributed by atoms with van der Waals surface area (Å²) >= 11 is 3.36. The van der Waals surface area contributed by atoms with Gasteiger partial charge in [0.25, 0.3) is 0 Å². The fourth-order valence-corrected chi connectivity index (χ4v) is 1.66. The Hall–Kier alpha value is -1.75. The van der Waals surface area contributed by atoms with Crippen molar-refractivity contribution in [3.05, 3.63) is 41.0 Å². The van der Waals surface area contributed by atoms with Crippen molar-refractivity contribution in [1.82, 2.24) is 4.98 Å². The largest absolute Gasteiger partial charge is 0.493 e. The van der Waals surface area contributed by atoms with Gasteiger partial charge in [-0.2, -0.15) is 0 Å². The fraction of sp³-hybridized carbons (Fsp3) is 0.0833. The number of halogens is 1. The highest BCUT2D eigenvalue weighted by atomic mass is 79.9. The number of benzene rings is 1. The summed E-state index contributed by atoms with van der Waals surface area (Å²) in [5.41, 5.74) is 6.31. The summed E-state index contributed by atoms with van der Waals surface area (Å²) < 4.78 is 11.6. The van der Waals surface area contributed by atoms with Crippen LogP contribution in [0.25, 0.3) is 0 Å².